The van der Waals surface area contributed by atoms with Gasteiger partial charge < -0.3 is 0 Å². The van der Waals surface area contributed by atoms with Gasteiger partial charge in [0, 0.05) is 0 Å². The molecule has 2 atom stereocenters. The second-order valence-electron chi connectivity index (χ2n) is 6.43. The number of hydrogen-bond acceptors (Lipinski definition) is 0. The monoisotopic (exact) mass is 284 g/mol. The van der Waals surface area contributed by atoms with Gasteiger partial charge in [0.25, 0.3) is 0 Å². The van der Waals surface area contributed by atoms with Crippen LogP contribution in [0.25, 0.3) is 10.8 Å². The predicted octanol–water partition coefficient (Wildman–Crippen LogP) is 5.73. The number of fused-ring (bicyclic) bond motifs is 1. The van der Waals surface area contributed by atoms with E-state index in [0.29, 0.717) is 0 Å². The van der Waals surface area contributed by atoms with Crippen LogP contribution in [0.4, 0.5) is 0 Å². The predicted molar refractivity (Wildman–Crippen MR) is 94.6 cm³/mol. The normalized spacial score (nSPS) is 17.6. The molecule has 0 spiro atoms. The molecule has 0 bridgehead atoms. The smallest absolute Gasteiger partial charge is 0.0654 e. The van der Waals surface area contributed by atoms with Crippen molar-refractivity contribution in [2.24, 2.45) is 0 Å². The summed E-state index contributed by atoms with van der Waals surface area (Å²) in [5.74, 6) is 0. The summed E-state index contributed by atoms with van der Waals surface area (Å²) in [7, 11) is -1.50. The summed E-state index contributed by atoms with van der Waals surface area (Å²) >= 11 is 0. The molecular weight excluding hydrogens is 256 g/mol. The zero-order chi connectivity index (χ0) is 14.8. The summed E-state index contributed by atoms with van der Waals surface area (Å²) in [6.45, 7) is 12.3. The van der Waals surface area contributed by atoms with Crippen LogP contribution in [0.3, 0.4) is 0 Å². The first-order valence-electron chi connectivity index (χ1n) is 8.03. The second-order valence-corrected chi connectivity index (χ2v) is 11.5. The van der Waals surface area contributed by atoms with Gasteiger partial charge in [-0.3, -0.25) is 0 Å². The van der Waals surface area contributed by atoms with Crippen LogP contribution in [-0.4, -0.2) is 8.07 Å². The first-order valence-corrected chi connectivity index (χ1v) is 10.7. The standard InChI is InChI=1S/C19H28Si/c1-6-15(3)20(5,16(4)7-2)19-14-10-12-17-11-8-9-13-18(17)19/h8-16H,6-7H2,1-5H3. The van der Waals surface area contributed by atoms with Crippen LogP contribution in [0.15, 0.2) is 42.5 Å². The lowest BCUT2D eigenvalue weighted by atomic mass is 10.1. The van der Waals surface area contributed by atoms with Gasteiger partial charge in [0.05, 0.1) is 8.07 Å². The van der Waals surface area contributed by atoms with Crippen molar-refractivity contribution in [2.75, 3.05) is 0 Å². The molecule has 0 amide bonds. The highest BCUT2D eigenvalue weighted by Gasteiger charge is 2.39. The first-order chi connectivity index (χ1) is 9.55. The number of hydrogen-bond donors (Lipinski definition) is 0. The van der Waals surface area contributed by atoms with Crippen molar-refractivity contribution in [3.8, 4) is 0 Å². The lowest BCUT2D eigenvalue weighted by Gasteiger charge is -2.40. The van der Waals surface area contributed by atoms with E-state index in [1.54, 1.807) is 5.19 Å². The van der Waals surface area contributed by atoms with Gasteiger partial charge in [0.1, 0.15) is 0 Å². The molecule has 2 rings (SSSR count). The van der Waals surface area contributed by atoms with Crippen molar-refractivity contribution in [3.63, 3.8) is 0 Å². The summed E-state index contributed by atoms with van der Waals surface area (Å²) in [6, 6.07) is 15.8. The average Bonchev–Trinajstić information content (AvgIpc) is 2.51. The van der Waals surface area contributed by atoms with Crippen LogP contribution in [-0.2, 0) is 0 Å². The highest BCUT2D eigenvalue weighted by molar-refractivity contribution is 6.94. The van der Waals surface area contributed by atoms with Crippen LogP contribution < -0.4 is 5.19 Å². The highest BCUT2D eigenvalue weighted by Crippen LogP contribution is 2.37. The Balaban J connectivity index is 2.69. The Morgan fingerprint density at radius 1 is 0.850 bits per heavy atom. The molecule has 2 aromatic carbocycles. The van der Waals surface area contributed by atoms with Crippen LogP contribution >= 0.6 is 0 Å². The lowest BCUT2D eigenvalue weighted by molar-refractivity contribution is 0.768. The minimum absolute atomic E-state index is 0.822. The Kier molecular flexibility index (Phi) is 4.69. The molecule has 0 aliphatic rings. The summed E-state index contributed by atoms with van der Waals surface area (Å²) in [5.41, 5.74) is 1.64. The largest absolute Gasteiger partial charge is 0.0900 e. The van der Waals surface area contributed by atoms with E-state index in [1.807, 2.05) is 0 Å². The van der Waals surface area contributed by atoms with E-state index in [2.05, 4.69) is 76.7 Å². The zero-order valence-corrected chi connectivity index (χ0v) is 14.6. The van der Waals surface area contributed by atoms with Crippen LogP contribution in [0, 0.1) is 0 Å². The van der Waals surface area contributed by atoms with E-state index in [1.165, 1.54) is 23.6 Å². The number of rotatable bonds is 5. The molecule has 0 nitrogen and oxygen atoms in total. The molecule has 2 aromatic rings. The number of benzene rings is 2. The van der Waals surface area contributed by atoms with Crippen molar-refractivity contribution in [1.29, 1.82) is 0 Å². The van der Waals surface area contributed by atoms with Gasteiger partial charge in [0.15, 0.2) is 0 Å². The molecule has 1 heteroatoms. The summed E-state index contributed by atoms with van der Waals surface area (Å²) in [5, 5.41) is 4.55. The molecule has 20 heavy (non-hydrogen) atoms. The molecule has 0 aromatic heterocycles. The second kappa shape index (κ2) is 6.13. The fraction of sp³-hybridized carbons (Fsp3) is 0.474. The van der Waals surface area contributed by atoms with Crippen molar-refractivity contribution in [3.05, 3.63) is 42.5 Å². The van der Waals surface area contributed by atoms with Crippen LogP contribution in [0.5, 0.6) is 0 Å². The van der Waals surface area contributed by atoms with E-state index < -0.39 is 8.07 Å². The maximum Gasteiger partial charge on any atom is 0.0900 e. The molecule has 0 saturated heterocycles. The summed E-state index contributed by atoms with van der Waals surface area (Å²) in [6.07, 6.45) is 2.58. The topological polar surface area (TPSA) is 0 Å². The fourth-order valence-corrected chi connectivity index (χ4v) is 8.55. The molecule has 0 saturated carbocycles. The van der Waals surface area contributed by atoms with E-state index in [4.69, 9.17) is 0 Å². The maximum atomic E-state index is 2.61. The Hall–Kier alpha value is -1.08. The fourth-order valence-electron chi connectivity index (χ4n) is 3.56. The molecule has 0 heterocycles. The van der Waals surface area contributed by atoms with Gasteiger partial charge in [-0.25, -0.2) is 0 Å². The van der Waals surface area contributed by atoms with Gasteiger partial charge in [-0.1, -0.05) is 94.7 Å². The molecular formula is C19H28Si. The van der Waals surface area contributed by atoms with E-state index in [9.17, 15) is 0 Å². The van der Waals surface area contributed by atoms with Crippen molar-refractivity contribution >= 4 is 24.0 Å². The van der Waals surface area contributed by atoms with E-state index in [0.717, 1.165) is 11.1 Å². The van der Waals surface area contributed by atoms with E-state index >= 15 is 0 Å². The Morgan fingerprint density at radius 2 is 1.40 bits per heavy atom. The van der Waals surface area contributed by atoms with E-state index in [-0.39, 0.29) is 0 Å². The molecule has 0 N–H and O–H groups in total. The summed E-state index contributed by atoms with van der Waals surface area (Å²) < 4.78 is 0. The lowest BCUT2D eigenvalue weighted by Crippen LogP contribution is -2.51. The molecule has 2 unspecified atom stereocenters. The minimum Gasteiger partial charge on any atom is -0.0654 e. The summed E-state index contributed by atoms with van der Waals surface area (Å²) in [4.78, 5) is 0. The van der Waals surface area contributed by atoms with Crippen LogP contribution in [0.1, 0.15) is 40.5 Å². The Morgan fingerprint density at radius 3 is 2.00 bits per heavy atom. The van der Waals surface area contributed by atoms with Crippen molar-refractivity contribution in [1.82, 2.24) is 0 Å². The third-order valence-electron chi connectivity index (χ3n) is 5.64. The molecule has 108 valence electrons. The molecule has 0 aliphatic heterocycles. The zero-order valence-electron chi connectivity index (χ0n) is 13.6. The third kappa shape index (κ3) is 2.44. The maximum absolute atomic E-state index is 2.61. The van der Waals surface area contributed by atoms with Gasteiger partial charge in [0.2, 0.25) is 0 Å². The molecule has 0 aliphatic carbocycles. The third-order valence-corrected chi connectivity index (χ3v) is 12.2. The van der Waals surface area contributed by atoms with Crippen molar-refractivity contribution < 1.29 is 0 Å². The Bertz CT molecular complexity index is 557. The van der Waals surface area contributed by atoms with Crippen molar-refractivity contribution in [2.45, 2.75) is 58.2 Å². The SMILES string of the molecule is CCC(C)[Si](C)(c1cccc2ccccc12)C(C)CC. The van der Waals surface area contributed by atoms with Gasteiger partial charge >= 0.3 is 0 Å². The first kappa shape index (κ1) is 15.3. The molecule has 0 radical (unpaired) electrons. The van der Waals surface area contributed by atoms with Crippen LogP contribution in [0.2, 0.25) is 17.6 Å². The highest BCUT2D eigenvalue weighted by atomic mass is 28.3. The molecule has 0 fully saturated rings. The quantitative estimate of drug-likeness (QED) is 0.615. The van der Waals surface area contributed by atoms with Gasteiger partial charge in [-0.15, -0.1) is 0 Å². The van der Waals surface area contributed by atoms with Gasteiger partial charge in [-0.05, 0) is 21.9 Å². The van der Waals surface area contributed by atoms with Gasteiger partial charge in [-0.2, -0.15) is 0 Å². The minimum atomic E-state index is -1.50. The average molecular weight is 285 g/mol. The Labute approximate surface area is 125 Å².